The van der Waals surface area contributed by atoms with E-state index in [2.05, 4.69) is 16.4 Å². The number of allylic oxidation sites excluding steroid dienone is 1. The van der Waals surface area contributed by atoms with Gasteiger partial charge in [0.25, 0.3) is 0 Å². The van der Waals surface area contributed by atoms with Crippen LogP contribution in [0.15, 0.2) is 69.3 Å². The van der Waals surface area contributed by atoms with E-state index >= 15 is 0 Å². The van der Waals surface area contributed by atoms with Crippen molar-refractivity contribution < 1.29 is 22.3 Å². The van der Waals surface area contributed by atoms with Crippen molar-refractivity contribution in [1.29, 1.82) is 5.26 Å². The van der Waals surface area contributed by atoms with Gasteiger partial charge in [0.2, 0.25) is 0 Å². The molecule has 0 bridgehead atoms. The van der Waals surface area contributed by atoms with E-state index in [4.69, 9.17) is 9.15 Å². The molecule has 10 heteroatoms. The van der Waals surface area contributed by atoms with E-state index < -0.39 is 17.4 Å². The maximum atomic E-state index is 13.2. The first kappa shape index (κ1) is 22.1. The van der Waals surface area contributed by atoms with Gasteiger partial charge in [-0.15, -0.1) is 11.3 Å². The Morgan fingerprint density at radius 2 is 1.97 bits per heavy atom. The zero-order chi connectivity index (χ0) is 23.6. The summed E-state index contributed by atoms with van der Waals surface area (Å²) in [5.74, 6) is 0.713. The summed E-state index contributed by atoms with van der Waals surface area (Å²) in [6, 6.07) is 13.7. The number of hydrogen-bond acceptors (Lipinski definition) is 7. The highest BCUT2D eigenvalue weighted by atomic mass is 32.1. The number of aromatic nitrogens is 1. The lowest BCUT2D eigenvalue weighted by molar-refractivity contribution is -0.136. The molecule has 166 valence electrons. The molecule has 2 aromatic heterocycles. The van der Waals surface area contributed by atoms with Crippen molar-refractivity contribution in [2.24, 2.45) is 0 Å². The third kappa shape index (κ3) is 4.73. The second kappa shape index (κ2) is 8.80. The van der Waals surface area contributed by atoms with Gasteiger partial charge in [0, 0.05) is 40.3 Å². The number of fused-ring (bicyclic) bond motifs is 1. The number of rotatable bonds is 5. The largest absolute Gasteiger partial charge is 0.497 e. The zero-order valence-electron chi connectivity index (χ0n) is 16.9. The van der Waals surface area contributed by atoms with Gasteiger partial charge in [-0.2, -0.15) is 18.4 Å². The molecule has 4 aromatic rings. The molecule has 2 aromatic carbocycles. The van der Waals surface area contributed by atoms with E-state index in [0.717, 1.165) is 5.56 Å². The summed E-state index contributed by atoms with van der Waals surface area (Å²) in [5.41, 5.74) is -0.284. The van der Waals surface area contributed by atoms with Crippen molar-refractivity contribution >= 4 is 33.6 Å². The molecule has 0 aliphatic heterocycles. The average Bonchev–Trinajstić information content (AvgIpc) is 3.28. The zero-order valence-corrected chi connectivity index (χ0v) is 17.8. The van der Waals surface area contributed by atoms with Crippen LogP contribution in [0.5, 0.6) is 5.75 Å². The molecule has 6 nitrogen and oxygen atoms in total. The van der Waals surface area contributed by atoms with E-state index in [0.29, 0.717) is 28.2 Å². The van der Waals surface area contributed by atoms with Gasteiger partial charge in [-0.05, 0) is 36.4 Å². The van der Waals surface area contributed by atoms with Gasteiger partial charge in [0.15, 0.2) is 0 Å². The van der Waals surface area contributed by atoms with Crippen molar-refractivity contribution in [2.45, 2.75) is 6.18 Å². The smallest absolute Gasteiger partial charge is 0.417 e. The van der Waals surface area contributed by atoms with Gasteiger partial charge in [0.1, 0.15) is 28.0 Å². The number of nitrogens with zero attached hydrogens (tertiary/aromatic N) is 2. The Labute approximate surface area is 189 Å². The molecule has 2 heterocycles. The molecule has 0 amide bonds. The van der Waals surface area contributed by atoms with Crippen molar-refractivity contribution in [3.63, 3.8) is 0 Å². The molecule has 1 N–H and O–H groups in total. The predicted octanol–water partition coefficient (Wildman–Crippen LogP) is 5.92. The molecule has 0 radical (unpaired) electrons. The number of alkyl halides is 3. The average molecular weight is 469 g/mol. The van der Waals surface area contributed by atoms with Crippen LogP contribution < -0.4 is 15.7 Å². The number of benzene rings is 2. The van der Waals surface area contributed by atoms with E-state index in [1.54, 1.807) is 19.2 Å². The summed E-state index contributed by atoms with van der Waals surface area (Å²) in [6.07, 6.45) is -3.30. The number of halogens is 3. The minimum atomic E-state index is -4.69. The maximum absolute atomic E-state index is 13.2. The summed E-state index contributed by atoms with van der Waals surface area (Å²) in [6.45, 7) is 0. The number of ether oxygens (including phenoxy) is 1. The monoisotopic (exact) mass is 469 g/mol. The second-order valence-corrected chi connectivity index (χ2v) is 7.63. The van der Waals surface area contributed by atoms with Crippen LogP contribution in [0.1, 0.15) is 10.6 Å². The Kier molecular flexibility index (Phi) is 5.89. The van der Waals surface area contributed by atoms with Crippen molar-refractivity contribution in [3.05, 3.63) is 81.1 Å². The van der Waals surface area contributed by atoms with Gasteiger partial charge in [-0.3, -0.25) is 0 Å². The van der Waals surface area contributed by atoms with Crippen LogP contribution in [0.2, 0.25) is 0 Å². The van der Waals surface area contributed by atoms with Crippen LogP contribution in [0.4, 0.5) is 18.9 Å². The third-order valence-electron chi connectivity index (χ3n) is 4.67. The third-order valence-corrected chi connectivity index (χ3v) is 5.55. The fourth-order valence-electron chi connectivity index (χ4n) is 3.08. The first-order valence-electron chi connectivity index (χ1n) is 9.41. The first-order valence-corrected chi connectivity index (χ1v) is 10.3. The fourth-order valence-corrected chi connectivity index (χ4v) is 3.87. The molecule has 4 rings (SSSR count). The molecule has 0 fully saturated rings. The molecule has 33 heavy (non-hydrogen) atoms. The van der Waals surface area contributed by atoms with E-state index in [-0.39, 0.29) is 16.5 Å². The molecular formula is C23H14F3N3O3S. The number of anilines is 1. The van der Waals surface area contributed by atoms with E-state index in [1.807, 2.05) is 17.5 Å². The van der Waals surface area contributed by atoms with Crippen molar-refractivity contribution in [1.82, 2.24) is 4.98 Å². The van der Waals surface area contributed by atoms with Crippen LogP contribution in [0, 0.1) is 11.3 Å². The van der Waals surface area contributed by atoms with Gasteiger partial charge >= 0.3 is 11.8 Å². The molecule has 0 aliphatic carbocycles. The maximum Gasteiger partial charge on any atom is 0.417 e. The van der Waals surface area contributed by atoms with Gasteiger partial charge in [-0.1, -0.05) is 0 Å². The van der Waals surface area contributed by atoms with Gasteiger partial charge in [0.05, 0.1) is 18.4 Å². The lowest BCUT2D eigenvalue weighted by Gasteiger charge is -2.10. The lowest BCUT2D eigenvalue weighted by Crippen LogP contribution is -2.11. The topological polar surface area (TPSA) is 88.1 Å². The summed E-state index contributed by atoms with van der Waals surface area (Å²) in [5, 5.41) is 14.4. The Hall–Kier alpha value is -4.10. The Balaban J connectivity index is 1.60. The minimum Gasteiger partial charge on any atom is -0.497 e. The van der Waals surface area contributed by atoms with Crippen LogP contribution in [-0.4, -0.2) is 12.1 Å². The Morgan fingerprint density at radius 1 is 1.21 bits per heavy atom. The molecule has 0 unspecified atom stereocenters. The highest BCUT2D eigenvalue weighted by molar-refractivity contribution is 7.11. The Morgan fingerprint density at radius 3 is 2.64 bits per heavy atom. The molecule has 0 saturated carbocycles. The van der Waals surface area contributed by atoms with Crippen LogP contribution in [0.25, 0.3) is 27.8 Å². The molecule has 0 atom stereocenters. The number of nitrogens with one attached hydrogen (secondary N) is 1. The predicted molar refractivity (Wildman–Crippen MR) is 119 cm³/mol. The summed E-state index contributed by atoms with van der Waals surface area (Å²) >= 11 is 1.27. The van der Waals surface area contributed by atoms with Crippen molar-refractivity contribution in [3.8, 4) is 23.1 Å². The van der Waals surface area contributed by atoms with Crippen LogP contribution >= 0.6 is 11.3 Å². The Bertz CT molecular complexity index is 1450. The molecular weight excluding hydrogens is 455 g/mol. The summed E-state index contributed by atoms with van der Waals surface area (Å²) < 4.78 is 49.6. The van der Waals surface area contributed by atoms with Crippen molar-refractivity contribution in [2.75, 3.05) is 12.4 Å². The minimum absolute atomic E-state index is 0.220. The SMILES string of the molecule is COc1ccc(-c2csc(C(C#N)=CNc3ccc4c(C(F)(F)F)cc(=O)oc4c3)n2)cc1. The van der Waals surface area contributed by atoms with Crippen LogP contribution in [0.3, 0.4) is 0 Å². The van der Waals surface area contributed by atoms with Crippen LogP contribution in [-0.2, 0) is 6.18 Å². The fraction of sp³-hybridized carbons (Fsp3) is 0.0870. The number of thiazole rings is 1. The van der Waals surface area contributed by atoms with Gasteiger partial charge < -0.3 is 14.5 Å². The summed E-state index contributed by atoms with van der Waals surface area (Å²) in [7, 11) is 1.57. The lowest BCUT2D eigenvalue weighted by atomic mass is 10.1. The molecule has 0 saturated heterocycles. The molecule has 0 spiro atoms. The first-order chi connectivity index (χ1) is 15.8. The summed E-state index contributed by atoms with van der Waals surface area (Å²) in [4.78, 5) is 16.0. The number of methoxy groups -OCH3 is 1. The highest BCUT2D eigenvalue weighted by Gasteiger charge is 2.33. The number of hydrogen-bond donors (Lipinski definition) is 1. The second-order valence-electron chi connectivity index (χ2n) is 6.77. The molecule has 0 aliphatic rings. The van der Waals surface area contributed by atoms with E-state index in [1.165, 1.54) is 35.7 Å². The number of nitriles is 1. The van der Waals surface area contributed by atoms with Gasteiger partial charge in [-0.25, -0.2) is 9.78 Å². The normalized spacial score (nSPS) is 11.9. The van der Waals surface area contributed by atoms with E-state index in [9.17, 15) is 23.2 Å². The highest BCUT2D eigenvalue weighted by Crippen LogP contribution is 2.34. The quantitative estimate of drug-likeness (QED) is 0.288. The standard InChI is InChI=1S/C23H14F3N3O3S/c1-31-16-5-2-13(3-6-16)19-12-33-22(29-19)14(10-27)11-28-15-4-7-17-18(23(24,25)26)9-21(30)32-20(17)8-15/h2-9,11-12,28H,1H3.